The van der Waals surface area contributed by atoms with E-state index in [1.165, 1.54) is 12.1 Å². The molecule has 1 fully saturated rings. The monoisotopic (exact) mass is 363 g/mol. The van der Waals surface area contributed by atoms with Crippen LogP contribution in [0.25, 0.3) is 6.08 Å². The Kier molecular flexibility index (Phi) is 4.83. The van der Waals surface area contributed by atoms with Crippen LogP contribution in [0.15, 0.2) is 53.2 Å². The molecule has 3 rings (SSSR count). The second-order valence-electron chi connectivity index (χ2n) is 5.06. The van der Waals surface area contributed by atoms with Gasteiger partial charge in [-0.1, -0.05) is 41.4 Å². The van der Waals surface area contributed by atoms with E-state index in [1.807, 2.05) is 0 Å². The van der Waals surface area contributed by atoms with E-state index in [0.717, 1.165) is 5.56 Å². The summed E-state index contributed by atoms with van der Waals surface area (Å²) in [5, 5.41) is 6.39. The van der Waals surface area contributed by atoms with E-state index in [9.17, 15) is 9.18 Å². The first-order chi connectivity index (χ1) is 11.5. The zero-order valence-electron chi connectivity index (χ0n) is 12.3. The molecule has 0 spiro atoms. The summed E-state index contributed by atoms with van der Waals surface area (Å²) >= 11 is 12.2. The molecule has 1 aliphatic heterocycles. The van der Waals surface area contributed by atoms with Gasteiger partial charge in [-0.2, -0.15) is 0 Å². The molecular weight excluding hydrogens is 352 g/mol. The SMILES string of the molecule is O=C1NC(=NCc2ccc(F)cc2)N/C1=C/c1c(Cl)cccc1Cl. The maximum atomic E-state index is 12.9. The fraction of sp³-hybridized carbons (Fsp3) is 0.0588. The van der Waals surface area contributed by atoms with Crippen molar-refractivity contribution in [2.75, 3.05) is 0 Å². The fourth-order valence-corrected chi connectivity index (χ4v) is 2.63. The Bertz CT molecular complexity index is 827. The average molecular weight is 364 g/mol. The number of aliphatic imine (C=N–C) groups is 1. The number of hydrogen-bond acceptors (Lipinski definition) is 2. The van der Waals surface area contributed by atoms with Crippen molar-refractivity contribution < 1.29 is 9.18 Å². The van der Waals surface area contributed by atoms with E-state index in [0.29, 0.717) is 33.8 Å². The van der Waals surface area contributed by atoms with Crippen LogP contribution in [0.1, 0.15) is 11.1 Å². The topological polar surface area (TPSA) is 53.5 Å². The van der Waals surface area contributed by atoms with Gasteiger partial charge in [0.25, 0.3) is 5.91 Å². The van der Waals surface area contributed by atoms with Crippen LogP contribution >= 0.6 is 23.2 Å². The van der Waals surface area contributed by atoms with Crippen molar-refractivity contribution in [3.63, 3.8) is 0 Å². The highest BCUT2D eigenvalue weighted by Crippen LogP contribution is 2.26. The molecule has 1 amide bonds. The standard InChI is InChI=1S/C17H12Cl2FN3O/c18-13-2-1-3-14(19)12(13)8-15-16(24)23-17(22-15)21-9-10-4-6-11(20)7-5-10/h1-8H,9H2,(H2,21,22,23,24)/b15-8+. The molecule has 122 valence electrons. The smallest absolute Gasteiger partial charge is 0.274 e. The Morgan fingerprint density at radius 1 is 1.04 bits per heavy atom. The molecule has 2 aromatic rings. The molecule has 0 radical (unpaired) electrons. The van der Waals surface area contributed by atoms with E-state index in [1.54, 1.807) is 36.4 Å². The van der Waals surface area contributed by atoms with E-state index in [4.69, 9.17) is 23.2 Å². The van der Waals surface area contributed by atoms with Gasteiger partial charge in [-0.3, -0.25) is 10.1 Å². The van der Waals surface area contributed by atoms with Gasteiger partial charge >= 0.3 is 0 Å². The van der Waals surface area contributed by atoms with Crippen molar-refractivity contribution in [1.29, 1.82) is 0 Å². The lowest BCUT2D eigenvalue weighted by Crippen LogP contribution is -2.25. The van der Waals surface area contributed by atoms with E-state index in [2.05, 4.69) is 15.6 Å². The predicted molar refractivity (Wildman–Crippen MR) is 93.3 cm³/mol. The molecule has 0 aliphatic carbocycles. The van der Waals surface area contributed by atoms with Crippen LogP contribution in [0.5, 0.6) is 0 Å². The second kappa shape index (κ2) is 7.03. The number of carbonyl (C=O) groups is 1. The zero-order valence-corrected chi connectivity index (χ0v) is 13.8. The van der Waals surface area contributed by atoms with Gasteiger partial charge in [0.15, 0.2) is 0 Å². The molecule has 2 N–H and O–H groups in total. The van der Waals surface area contributed by atoms with Crippen LogP contribution in [-0.4, -0.2) is 11.9 Å². The second-order valence-corrected chi connectivity index (χ2v) is 5.88. The number of carbonyl (C=O) groups excluding carboxylic acids is 1. The van der Waals surface area contributed by atoms with Crippen LogP contribution in [0.4, 0.5) is 4.39 Å². The fourth-order valence-electron chi connectivity index (χ4n) is 2.12. The predicted octanol–water partition coefficient (Wildman–Crippen LogP) is 3.75. The number of nitrogens with one attached hydrogen (secondary N) is 2. The van der Waals surface area contributed by atoms with Gasteiger partial charge in [-0.25, -0.2) is 9.38 Å². The lowest BCUT2D eigenvalue weighted by atomic mass is 10.2. The Morgan fingerprint density at radius 2 is 1.71 bits per heavy atom. The molecule has 0 aromatic heterocycles. The summed E-state index contributed by atoms with van der Waals surface area (Å²) in [6.07, 6.45) is 1.57. The molecule has 0 saturated carbocycles. The quantitative estimate of drug-likeness (QED) is 0.816. The first-order valence-electron chi connectivity index (χ1n) is 7.06. The van der Waals surface area contributed by atoms with Crippen molar-refractivity contribution in [2.45, 2.75) is 6.54 Å². The Morgan fingerprint density at radius 3 is 2.38 bits per heavy atom. The minimum absolute atomic E-state index is 0.294. The van der Waals surface area contributed by atoms with Crippen LogP contribution in [0.2, 0.25) is 10.0 Å². The summed E-state index contributed by atoms with van der Waals surface area (Å²) in [7, 11) is 0. The number of hydrogen-bond donors (Lipinski definition) is 2. The normalized spacial score (nSPS) is 17.2. The molecule has 4 nitrogen and oxygen atoms in total. The van der Waals surface area contributed by atoms with Crippen molar-refractivity contribution in [1.82, 2.24) is 10.6 Å². The van der Waals surface area contributed by atoms with Crippen molar-refractivity contribution in [2.24, 2.45) is 4.99 Å². The van der Waals surface area contributed by atoms with E-state index in [-0.39, 0.29) is 11.7 Å². The van der Waals surface area contributed by atoms with Crippen LogP contribution in [0.3, 0.4) is 0 Å². The number of amides is 1. The summed E-state index contributed by atoms with van der Waals surface area (Å²) in [5.41, 5.74) is 1.67. The summed E-state index contributed by atoms with van der Waals surface area (Å²) < 4.78 is 12.9. The van der Waals surface area contributed by atoms with Gasteiger partial charge < -0.3 is 5.32 Å². The van der Waals surface area contributed by atoms with Crippen molar-refractivity contribution in [3.8, 4) is 0 Å². The number of guanidine groups is 1. The summed E-state index contributed by atoms with van der Waals surface area (Å²) in [4.78, 5) is 16.3. The largest absolute Gasteiger partial charge is 0.321 e. The molecule has 1 aliphatic rings. The molecule has 24 heavy (non-hydrogen) atoms. The first-order valence-corrected chi connectivity index (χ1v) is 7.81. The number of nitrogens with zero attached hydrogens (tertiary/aromatic N) is 1. The van der Waals surface area contributed by atoms with Gasteiger partial charge in [-0.15, -0.1) is 0 Å². The highest BCUT2D eigenvalue weighted by Gasteiger charge is 2.22. The molecule has 0 bridgehead atoms. The first kappa shape index (κ1) is 16.5. The van der Waals surface area contributed by atoms with Crippen LogP contribution in [0, 0.1) is 5.82 Å². The molecular formula is C17H12Cl2FN3O. The molecule has 7 heteroatoms. The Hall–Kier alpha value is -2.37. The van der Waals surface area contributed by atoms with Crippen molar-refractivity contribution in [3.05, 3.63) is 75.2 Å². The summed E-state index contributed by atoms with van der Waals surface area (Å²) in [6.45, 7) is 0.309. The summed E-state index contributed by atoms with van der Waals surface area (Å²) in [5.74, 6) is -0.317. The van der Waals surface area contributed by atoms with Crippen LogP contribution in [-0.2, 0) is 11.3 Å². The average Bonchev–Trinajstić information content (AvgIpc) is 2.90. The zero-order chi connectivity index (χ0) is 17.1. The maximum Gasteiger partial charge on any atom is 0.274 e. The van der Waals surface area contributed by atoms with E-state index >= 15 is 0 Å². The lowest BCUT2D eigenvalue weighted by Gasteiger charge is -2.02. The van der Waals surface area contributed by atoms with Gasteiger partial charge in [0, 0.05) is 15.6 Å². The Labute approximate surface area is 148 Å². The lowest BCUT2D eigenvalue weighted by molar-refractivity contribution is -0.115. The number of halogens is 3. The van der Waals surface area contributed by atoms with Crippen molar-refractivity contribution >= 4 is 41.1 Å². The molecule has 0 atom stereocenters. The molecule has 0 unspecified atom stereocenters. The van der Waals surface area contributed by atoms with Gasteiger partial charge in [0.05, 0.1) is 6.54 Å². The third kappa shape index (κ3) is 3.75. The molecule has 1 heterocycles. The van der Waals surface area contributed by atoms with E-state index < -0.39 is 0 Å². The number of benzene rings is 2. The third-order valence-corrected chi connectivity index (χ3v) is 4.01. The maximum absolute atomic E-state index is 12.9. The molecule has 2 aromatic carbocycles. The number of rotatable bonds is 3. The highest BCUT2D eigenvalue weighted by atomic mass is 35.5. The Balaban J connectivity index is 1.77. The van der Waals surface area contributed by atoms with Crippen LogP contribution < -0.4 is 10.6 Å². The van der Waals surface area contributed by atoms with Gasteiger partial charge in [-0.05, 0) is 35.9 Å². The minimum atomic E-state index is -0.330. The van der Waals surface area contributed by atoms with Gasteiger partial charge in [0.2, 0.25) is 5.96 Å². The summed E-state index contributed by atoms with van der Waals surface area (Å²) in [6, 6.07) is 11.1. The molecule has 1 saturated heterocycles. The third-order valence-electron chi connectivity index (χ3n) is 3.35. The van der Waals surface area contributed by atoms with Gasteiger partial charge in [0.1, 0.15) is 11.5 Å². The minimum Gasteiger partial charge on any atom is -0.321 e. The highest BCUT2D eigenvalue weighted by molar-refractivity contribution is 6.37.